The number of rotatable bonds is 5. The van der Waals surface area contributed by atoms with Crippen molar-refractivity contribution in [3.8, 4) is 11.1 Å². The topological polar surface area (TPSA) is 67.2 Å². The van der Waals surface area contributed by atoms with Crippen LogP contribution < -0.4 is 10.2 Å². The molecule has 1 aliphatic rings. The third-order valence-corrected chi connectivity index (χ3v) is 5.41. The van der Waals surface area contributed by atoms with Gasteiger partial charge < -0.3 is 14.8 Å². The Balaban J connectivity index is 1.55. The molecule has 1 N–H and O–H groups in total. The number of nitrogens with zero attached hydrogens (tertiary/aromatic N) is 3. The van der Waals surface area contributed by atoms with Gasteiger partial charge in [0.1, 0.15) is 11.5 Å². The molecule has 1 aliphatic heterocycles. The number of amides is 1. The molecule has 0 saturated carbocycles. The Kier molecular flexibility index (Phi) is 5.16. The number of ketones is 1. The van der Waals surface area contributed by atoms with E-state index >= 15 is 0 Å². The van der Waals surface area contributed by atoms with Crippen molar-refractivity contribution < 1.29 is 9.59 Å². The first-order chi connectivity index (χ1) is 14.0. The van der Waals surface area contributed by atoms with Crippen LogP contribution in [0.5, 0.6) is 0 Å². The predicted molar refractivity (Wildman–Crippen MR) is 114 cm³/mol. The fourth-order valence-corrected chi connectivity index (χ4v) is 3.73. The van der Waals surface area contributed by atoms with Crippen LogP contribution in [0.4, 0.5) is 11.5 Å². The molecule has 0 atom stereocenters. The SMILES string of the molecule is Cc1cc(-c2ccccc2)c(C(=O)C(=O)Nc2ccc(N3CCCC3)nc2)n1C. The molecule has 0 unspecified atom stereocenters. The van der Waals surface area contributed by atoms with Crippen LogP contribution in [0.25, 0.3) is 11.1 Å². The molecule has 0 radical (unpaired) electrons. The van der Waals surface area contributed by atoms with Crippen molar-refractivity contribution in [2.24, 2.45) is 7.05 Å². The fraction of sp³-hybridized carbons (Fsp3) is 0.261. The molecule has 1 aromatic carbocycles. The highest BCUT2D eigenvalue weighted by Gasteiger charge is 2.25. The van der Waals surface area contributed by atoms with Gasteiger partial charge in [-0.1, -0.05) is 30.3 Å². The molecule has 1 saturated heterocycles. The first-order valence-electron chi connectivity index (χ1n) is 9.83. The number of hydrogen-bond acceptors (Lipinski definition) is 4. The fourth-order valence-electron chi connectivity index (χ4n) is 3.73. The summed E-state index contributed by atoms with van der Waals surface area (Å²) in [6.07, 6.45) is 3.95. The molecule has 1 fully saturated rings. The molecular weight excluding hydrogens is 364 g/mol. The van der Waals surface area contributed by atoms with E-state index in [1.807, 2.05) is 49.4 Å². The number of hydrogen-bond donors (Lipinski definition) is 1. The van der Waals surface area contributed by atoms with Crippen molar-refractivity contribution in [3.63, 3.8) is 0 Å². The Morgan fingerprint density at radius 1 is 1.03 bits per heavy atom. The highest BCUT2D eigenvalue weighted by molar-refractivity contribution is 6.47. The van der Waals surface area contributed by atoms with Gasteiger partial charge in [-0.3, -0.25) is 9.59 Å². The van der Waals surface area contributed by atoms with Gasteiger partial charge in [0.2, 0.25) is 0 Å². The van der Waals surface area contributed by atoms with E-state index in [1.165, 1.54) is 12.8 Å². The van der Waals surface area contributed by atoms with Gasteiger partial charge in [0.05, 0.1) is 11.9 Å². The standard InChI is InChI=1S/C23H24N4O2/c1-16-14-19(17-8-4-3-5-9-17)21(26(16)2)22(28)23(29)25-18-10-11-20(24-15-18)27-12-6-7-13-27/h3-5,8-11,14-15H,6-7,12-13H2,1-2H3,(H,25,29). The third kappa shape index (κ3) is 3.78. The molecule has 1 amide bonds. The summed E-state index contributed by atoms with van der Waals surface area (Å²) in [5.74, 6) is -0.335. The molecule has 0 spiro atoms. The number of benzene rings is 1. The average molecular weight is 388 g/mol. The second-order valence-corrected chi connectivity index (χ2v) is 7.36. The van der Waals surface area contributed by atoms with E-state index in [0.717, 1.165) is 35.7 Å². The van der Waals surface area contributed by atoms with Crippen LogP contribution in [-0.2, 0) is 11.8 Å². The van der Waals surface area contributed by atoms with Crippen molar-refractivity contribution in [1.82, 2.24) is 9.55 Å². The molecule has 148 valence electrons. The van der Waals surface area contributed by atoms with E-state index in [0.29, 0.717) is 11.4 Å². The van der Waals surface area contributed by atoms with Crippen molar-refractivity contribution in [2.45, 2.75) is 19.8 Å². The first kappa shape index (κ1) is 18.9. The van der Waals surface area contributed by atoms with Crippen molar-refractivity contribution in [1.29, 1.82) is 0 Å². The molecule has 2 aromatic heterocycles. The minimum Gasteiger partial charge on any atom is -0.357 e. The number of pyridine rings is 1. The van der Waals surface area contributed by atoms with E-state index in [9.17, 15) is 9.59 Å². The molecule has 6 heteroatoms. The summed E-state index contributed by atoms with van der Waals surface area (Å²) < 4.78 is 1.76. The van der Waals surface area contributed by atoms with Crippen LogP contribution in [0.2, 0.25) is 0 Å². The lowest BCUT2D eigenvalue weighted by Gasteiger charge is -2.16. The maximum atomic E-state index is 13.0. The van der Waals surface area contributed by atoms with E-state index in [2.05, 4.69) is 15.2 Å². The minimum absolute atomic E-state index is 0.382. The van der Waals surface area contributed by atoms with Gasteiger partial charge in [-0.15, -0.1) is 0 Å². The van der Waals surface area contributed by atoms with E-state index in [4.69, 9.17) is 0 Å². The van der Waals surface area contributed by atoms with Crippen LogP contribution in [-0.4, -0.2) is 34.3 Å². The number of aryl methyl sites for hydroxylation is 1. The van der Waals surface area contributed by atoms with Crippen LogP contribution in [0.3, 0.4) is 0 Å². The van der Waals surface area contributed by atoms with Gasteiger partial charge in [-0.25, -0.2) is 4.98 Å². The molecule has 3 aromatic rings. The summed E-state index contributed by atoms with van der Waals surface area (Å²) in [6.45, 7) is 3.93. The molecule has 0 bridgehead atoms. The summed E-state index contributed by atoms with van der Waals surface area (Å²) in [7, 11) is 1.80. The molecule has 6 nitrogen and oxygen atoms in total. The normalized spacial score (nSPS) is 13.5. The van der Waals surface area contributed by atoms with Gasteiger partial charge in [0.15, 0.2) is 0 Å². The van der Waals surface area contributed by atoms with Gasteiger partial charge in [0, 0.05) is 31.4 Å². The molecule has 29 heavy (non-hydrogen) atoms. The van der Waals surface area contributed by atoms with Gasteiger partial charge in [-0.2, -0.15) is 0 Å². The lowest BCUT2D eigenvalue weighted by atomic mass is 10.0. The summed E-state index contributed by atoms with van der Waals surface area (Å²) in [4.78, 5) is 32.3. The number of carbonyl (C=O) groups excluding carboxylic acids is 2. The van der Waals surface area contributed by atoms with Gasteiger partial charge in [-0.05, 0) is 43.5 Å². The second kappa shape index (κ2) is 7.91. The zero-order valence-electron chi connectivity index (χ0n) is 16.7. The lowest BCUT2D eigenvalue weighted by Crippen LogP contribution is -2.25. The van der Waals surface area contributed by atoms with Gasteiger partial charge in [0.25, 0.3) is 11.7 Å². The maximum Gasteiger partial charge on any atom is 0.298 e. The van der Waals surface area contributed by atoms with Crippen LogP contribution in [0.1, 0.15) is 29.0 Å². The summed E-state index contributed by atoms with van der Waals surface area (Å²) in [5.41, 5.74) is 3.47. The van der Waals surface area contributed by atoms with Crippen molar-refractivity contribution >= 4 is 23.2 Å². The third-order valence-electron chi connectivity index (χ3n) is 5.41. The Morgan fingerprint density at radius 3 is 2.41 bits per heavy atom. The predicted octanol–water partition coefficient (Wildman–Crippen LogP) is 3.82. The lowest BCUT2D eigenvalue weighted by molar-refractivity contribution is -0.112. The molecular formula is C23H24N4O2. The van der Waals surface area contributed by atoms with Crippen LogP contribution >= 0.6 is 0 Å². The smallest absolute Gasteiger partial charge is 0.298 e. The quantitative estimate of drug-likeness (QED) is 0.533. The van der Waals surface area contributed by atoms with Crippen LogP contribution in [0.15, 0.2) is 54.7 Å². The summed E-state index contributed by atoms with van der Waals surface area (Å²) >= 11 is 0. The average Bonchev–Trinajstić information content (AvgIpc) is 3.38. The number of carbonyl (C=O) groups is 2. The van der Waals surface area contributed by atoms with Crippen molar-refractivity contribution in [3.05, 3.63) is 66.1 Å². The first-order valence-corrected chi connectivity index (χ1v) is 9.83. The van der Waals surface area contributed by atoms with E-state index in [1.54, 1.807) is 23.9 Å². The number of aromatic nitrogens is 2. The van der Waals surface area contributed by atoms with Crippen molar-refractivity contribution in [2.75, 3.05) is 23.3 Å². The van der Waals surface area contributed by atoms with Gasteiger partial charge >= 0.3 is 0 Å². The Morgan fingerprint density at radius 2 is 1.76 bits per heavy atom. The largest absolute Gasteiger partial charge is 0.357 e. The Hall–Kier alpha value is -3.41. The molecule has 4 rings (SSSR count). The maximum absolute atomic E-state index is 13.0. The van der Waals surface area contributed by atoms with E-state index in [-0.39, 0.29) is 0 Å². The summed E-state index contributed by atoms with van der Waals surface area (Å²) in [6, 6.07) is 15.2. The Labute approximate surface area is 170 Å². The number of Topliss-reactive ketones (excluding diaryl/α,β-unsaturated/α-hetero) is 1. The molecule has 0 aliphatic carbocycles. The number of nitrogens with one attached hydrogen (secondary N) is 1. The van der Waals surface area contributed by atoms with E-state index < -0.39 is 11.7 Å². The summed E-state index contributed by atoms with van der Waals surface area (Å²) in [5, 5.41) is 2.69. The zero-order chi connectivity index (χ0) is 20.4. The molecule has 3 heterocycles. The highest BCUT2D eigenvalue weighted by atomic mass is 16.2. The van der Waals surface area contributed by atoms with Crippen LogP contribution in [0, 0.1) is 6.92 Å². The Bertz CT molecular complexity index is 1030. The second-order valence-electron chi connectivity index (χ2n) is 7.36. The zero-order valence-corrected chi connectivity index (χ0v) is 16.7. The minimum atomic E-state index is -0.667. The number of anilines is 2. The monoisotopic (exact) mass is 388 g/mol. The highest BCUT2D eigenvalue weighted by Crippen LogP contribution is 2.27.